The van der Waals surface area contributed by atoms with Crippen LogP contribution in [0.1, 0.15) is 43.9 Å². The van der Waals surface area contributed by atoms with Crippen molar-refractivity contribution in [2.75, 3.05) is 0 Å². The second-order valence-electron chi connectivity index (χ2n) is 4.93. The Morgan fingerprint density at radius 3 is 2.43 bits per heavy atom. The van der Waals surface area contributed by atoms with Gasteiger partial charge in [-0.15, -0.1) is 0 Å². The fourth-order valence-corrected chi connectivity index (χ4v) is 2.38. The molecule has 0 fully saturated rings. The van der Waals surface area contributed by atoms with Crippen LogP contribution < -0.4 is 11.2 Å². The SMILES string of the molecule is CCC(C)n1c(=O)n(CC)c(=O)c2c1nc(C(=O)O)n2C. The van der Waals surface area contributed by atoms with Gasteiger partial charge < -0.3 is 9.67 Å². The average Bonchev–Trinajstić information content (AvgIpc) is 2.77. The Kier molecular flexibility index (Phi) is 3.71. The van der Waals surface area contributed by atoms with Crippen molar-refractivity contribution in [1.82, 2.24) is 18.7 Å². The van der Waals surface area contributed by atoms with Crippen molar-refractivity contribution in [2.45, 2.75) is 39.8 Å². The van der Waals surface area contributed by atoms with Gasteiger partial charge in [0.25, 0.3) is 5.56 Å². The summed E-state index contributed by atoms with van der Waals surface area (Å²) in [6.07, 6.45) is 0.663. The molecule has 2 rings (SSSR count). The molecule has 1 N–H and O–H groups in total. The zero-order valence-electron chi connectivity index (χ0n) is 12.5. The molecule has 114 valence electrons. The number of carboxylic acids is 1. The maximum absolute atomic E-state index is 12.5. The topological polar surface area (TPSA) is 99.1 Å². The Bertz CT molecular complexity index is 827. The highest BCUT2D eigenvalue weighted by Crippen LogP contribution is 2.16. The fourth-order valence-electron chi connectivity index (χ4n) is 2.38. The molecule has 8 nitrogen and oxygen atoms in total. The van der Waals surface area contributed by atoms with Crippen LogP contribution in [-0.4, -0.2) is 29.8 Å². The Hall–Kier alpha value is -2.38. The summed E-state index contributed by atoms with van der Waals surface area (Å²) >= 11 is 0. The Morgan fingerprint density at radius 2 is 1.95 bits per heavy atom. The zero-order valence-corrected chi connectivity index (χ0v) is 12.5. The molecule has 1 atom stereocenters. The molecule has 0 saturated carbocycles. The van der Waals surface area contributed by atoms with Crippen molar-refractivity contribution in [1.29, 1.82) is 0 Å². The highest BCUT2D eigenvalue weighted by atomic mass is 16.4. The van der Waals surface area contributed by atoms with Crippen LogP contribution in [0.25, 0.3) is 11.2 Å². The summed E-state index contributed by atoms with van der Waals surface area (Å²) in [7, 11) is 1.46. The third kappa shape index (κ3) is 2.07. The molecule has 2 aromatic heterocycles. The van der Waals surface area contributed by atoms with Crippen LogP contribution >= 0.6 is 0 Å². The van der Waals surface area contributed by atoms with Crippen molar-refractivity contribution in [3.8, 4) is 0 Å². The zero-order chi connectivity index (χ0) is 15.9. The van der Waals surface area contributed by atoms with Gasteiger partial charge >= 0.3 is 11.7 Å². The summed E-state index contributed by atoms with van der Waals surface area (Å²) in [6, 6.07) is -0.185. The number of hydrogen-bond donors (Lipinski definition) is 1. The predicted molar refractivity (Wildman–Crippen MR) is 76.9 cm³/mol. The van der Waals surface area contributed by atoms with Crippen LogP contribution in [0, 0.1) is 0 Å². The van der Waals surface area contributed by atoms with E-state index in [1.54, 1.807) is 6.92 Å². The van der Waals surface area contributed by atoms with E-state index < -0.39 is 17.2 Å². The van der Waals surface area contributed by atoms with Gasteiger partial charge in [0.15, 0.2) is 11.2 Å². The smallest absolute Gasteiger partial charge is 0.372 e. The number of hydrogen-bond acceptors (Lipinski definition) is 4. The van der Waals surface area contributed by atoms with Crippen LogP contribution in [0.4, 0.5) is 0 Å². The van der Waals surface area contributed by atoms with Crippen LogP contribution in [0.5, 0.6) is 0 Å². The van der Waals surface area contributed by atoms with Gasteiger partial charge in [-0.1, -0.05) is 6.92 Å². The summed E-state index contributed by atoms with van der Waals surface area (Å²) in [5.41, 5.74) is -0.711. The molecule has 2 heterocycles. The van der Waals surface area contributed by atoms with Gasteiger partial charge in [0, 0.05) is 19.6 Å². The molecule has 0 aliphatic rings. The van der Waals surface area contributed by atoms with Crippen molar-refractivity contribution in [2.24, 2.45) is 7.05 Å². The van der Waals surface area contributed by atoms with E-state index in [-0.39, 0.29) is 29.6 Å². The number of nitrogens with zero attached hydrogens (tertiary/aromatic N) is 4. The van der Waals surface area contributed by atoms with Crippen LogP contribution in [0.15, 0.2) is 9.59 Å². The first-order valence-electron chi connectivity index (χ1n) is 6.80. The second-order valence-corrected chi connectivity index (χ2v) is 4.93. The van der Waals surface area contributed by atoms with E-state index in [2.05, 4.69) is 4.98 Å². The van der Waals surface area contributed by atoms with Crippen molar-refractivity contribution in [3.63, 3.8) is 0 Å². The van der Waals surface area contributed by atoms with Gasteiger partial charge in [-0.25, -0.2) is 14.6 Å². The van der Waals surface area contributed by atoms with Crippen LogP contribution in [-0.2, 0) is 13.6 Å². The third-order valence-corrected chi connectivity index (χ3v) is 3.73. The first-order chi connectivity index (χ1) is 9.84. The fraction of sp³-hybridized carbons (Fsp3) is 0.538. The van der Waals surface area contributed by atoms with E-state index in [1.807, 2.05) is 13.8 Å². The van der Waals surface area contributed by atoms with Gasteiger partial charge in [-0.2, -0.15) is 0 Å². The number of carbonyl (C=O) groups is 1. The van der Waals surface area contributed by atoms with Crippen LogP contribution in [0.3, 0.4) is 0 Å². The molecular weight excluding hydrogens is 276 g/mol. The maximum Gasteiger partial charge on any atom is 0.372 e. The Balaban J connectivity index is 3.08. The molecule has 21 heavy (non-hydrogen) atoms. The first-order valence-corrected chi connectivity index (χ1v) is 6.80. The van der Waals surface area contributed by atoms with E-state index in [9.17, 15) is 14.4 Å². The molecule has 0 aliphatic carbocycles. The predicted octanol–water partition coefficient (Wildman–Crippen LogP) is 0.586. The number of rotatable bonds is 4. The monoisotopic (exact) mass is 294 g/mol. The number of aryl methyl sites for hydroxylation is 1. The Labute approximate surface area is 120 Å². The second kappa shape index (κ2) is 5.19. The van der Waals surface area contributed by atoms with Gasteiger partial charge in [-0.05, 0) is 20.3 Å². The van der Waals surface area contributed by atoms with Gasteiger partial charge in [0.05, 0.1) is 0 Å². The van der Waals surface area contributed by atoms with E-state index in [0.717, 1.165) is 4.57 Å². The number of imidazole rings is 1. The molecule has 0 radical (unpaired) electrons. The van der Waals surface area contributed by atoms with E-state index in [1.165, 1.54) is 16.2 Å². The molecule has 0 spiro atoms. The molecule has 0 amide bonds. The van der Waals surface area contributed by atoms with E-state index >= 15 is 0 Å². The number of aromatic carboxylic acids is 1. The molecule has 0 aliphatic heterocycles. The summed E-state index contributed by atoms with van der Waals surface area (Å²) in [5, 5.41) is 9.16. The summed E-state index contributed by atoms with van der Waals surface area (Å²) < 4.78 is 3.72. The Morgan fingerprint density at radius 1 is 1.33 bits per heavy atom. The standard InChI is InChI=1S/C13H18N4O4/c1-5-7(3)17-9-8(11(18)16(6-2)13(17)21)15(4)10(14-9)12(19)20/h7H,5-6H2,1-4H3,(H,19,20). The molecular formula is C13H18N4O4. The maximum atomic E-state index is 12.5. The molecule has 0 saturated heterocycles. The molecule has 8 heteroatoms. The largest absolute Gasteiger partial charge is 0.475 e. The lowest BCUT2D eigenvalue weighted by atomic mass is 10.2. The molecule has 0 aromatic carbocycles. The van der Waals surface area contributed by atoms with Crippen molar-refractivity contribution in [3.05, 3.63) is 26.7 Å². The van der Waals surface area contributed by atoms with Gasteiger partial charge in [-0.3, -0.25) is 13.9 Å². The van der Waals surface area contributed by atoms with Crippen LogP contribution in [0.2, 0.25) is 0 Å². The minimum atomic E-state index is -1.24. The minimum absolute atomic E-state index is 0.129. The average molecular weight is 294 g/mol. The highest BCUT2D eigenvalue weighted by molar-refractivity contribution is 5.88. The summed E-state index contributed by atoms with van der Waals surface area (Å²) in [4.78, 5) is 40.1. The number of carboxylic acid groups (broad SMARTS) is 1. The van der Waals surface area contributed by atoms with Gasteiger partial charge in [0.2, 0.25) is 5.82 Å². The number of aromatic nitrogens is 4. The normalized spacial score (nSPS) is 12.8. The van der Waals surface area contributed by atoms with E-state index in [0.29, 0.717) is 6.42 Å². The molecule has 0 bridgehead atoms. The number of fused-ring (bicyclic) bond motifs is 1. The minimum Gasteiger partial charge on any atom is -0.475 e. The quantitative estimate of drug-likeness (QED) is 0.889. The summed E-state index contributed by atoms with van der Waals surface area (Å²) in [6.45, 7) is 5.66. The van der Waals surface area contributed by atoms with E-state index in [4.69, 9.17) is 5.11 Å². The molecule has 1 unspecified atom stereocenters. The third-order valence-electron chi connectivity index (χ3n) is 3.73. The molecule has 2 aromatic rings. The lowest BCUT2D eigenvalue weighted by Crippen LogP contribution is -2.41. The first kappa shape index (κ1) is 15.0. The summed E-state index contributed by atoms with van der Waals surface area (Å²) in [5.74, 6) is -1.49. The van der Waals surface area contributed by atoms with Crippen molar-refractivity contribution < 1.29 is 9.90 Å². The van der Waals surface area contributed by atoms with Crippen molar-refractivity contribution >= 4 is 17.1 Å². The van der Waals surface area contributed by atoms with Gasteiger partial charge in [0.1, 0.15) is 0 Å². The lowest BCUT2D eigenvalue weighted by Gasteiger charge is -2.15. The lowest BCUT2D eigenvalue weighted by molar-refractivity contribution is 0.0680. The highest BCUT2D eigenvalue weighted by Gasteiger charge is 2.23.